The summed E-state index contributed by atoms with van der Waals surface area (Å²) in [4.78, 5) is 26.0. The molecule has 2 aliphatic rings. The van der Waals surface area contributed by atoms with Crippen molar-refractivity contribution in [1.29, 1.82) is 0 Å². The highest BCUT2D eigenvalue weighted by Gasteiger charge is 2.23. The smallest absolute Gasteiger partial charge is 0.222 e. The van der Waals surface area contributed by atoms with E-state index in [-0.39, 0.29) is 17.9 Å². The quantitative estimate of drug-likeness (QED) is 0.720. The normalized spacial score (nSPS) is 20.5. The van der Waals surface area contributed by atoms with E-state index in [2.05, 4.69) is 5.32 Å². The van der Waals surface area contributed by atoms with Crippen molar-refractivity contribution < 1.29 is 9.59 Å². The van der Waals surface area contributed by atoms with Crippen LogP contribution in [0.15, 0.2) is 0 Å². The van der Waals surface area contributed by atoms with Crippen LogP contribution < -0.4 is 5.32 Å². The maximum Gasteiger partial charge on any atom is 0.222 e. The molecule has 1 saturated carbocycles. The van der Waals surface area contributed by atoms with Gasteiger partial charge in [-0.2, -0.15) is 0 Å². The van der Waals surface area contributed by atoms with Gasteiger partial charge in [0.05, 0.1) is 0 Å². The van der Waals surface area contributed by atoms with Gasteiger partial charge in [0, 0.05) is 37.9 Å². The zero-order valence-electron chi connectivity index (χ0n) is 14.2. The molecule has 1 aliphatic heterocycles. The molecule has 1 heterocycles. The lowest BCUT2D eigenvalue weighted by Gasteiger charge is -2.32. The summed E-state index contributed by atoms with van der Waals surface area (Å²) in [6.07, 6.45) is 11.4. The van der Waals surface area contributed by atoms with Gasteiger partial charge in [-0.25, -0.2) is 0 Å². The standard InChI is InChI=1S/C18H31ClN2O2/c19-12-4-7-18(23)21-13-10-16(11-14-21)20-17(22)9-8-15-5-2-1-3-6-15/h15-16H,1-14H2,(H,20,22). The number of alkyl halides is 1. The first kappa shape index (κ1) is 18.6. The minimum Gasteiger partial charge on any atom is -0.353 e. The SMILES string of the molecule is O=C(CCC1CCCCC1)NC1CCN(C(=O)CCCCl)CC1. The first-order chi connectivity index (χ1) is 11.2. The number of nitrogens with zero attached hydrogens (tertiary/aromatic N) is 1. The predicted molar refractivity (Wildman–Crippen MR) is 93.5 cm³/mol. The van der Waals surface area contributed by atoms with E-state index in [4.69, 9.17) is 11.6 Å². The lowest BCUT2D eigenvalue weighted by atomic mass is 9.86. The Morgan fingerprint density at radius 2 is 1.70 bits per heavy atom. The Kier molecular flexibility index (Phi) is 8.21. The highest BCUT2D eigenvalue weighted by molar-refractivity contribution is 6.17. The Morgan fingerprint density at radius 1 is 1.00 bits per heavy atom. The molecule has 23 heavy (non-hydrogen) atoms. The third kappa shape index (κ3) is 6.70. The molecule has 0 spiro atoms. The van der Waals surface area contributed by atoms with Gasteiger partial charge in [-0.3, -0.25) is 9.59 Å². The molecule has 0 bridgehead atoms. The molecule has 2 fully saturated rings. The summed E-state index contributed by atoms with van der Waals surface area (Å²) < 4.78 is 0. The van der Waals surface area contributed by atoms with Gasteiger partial charge in [0.2, 0.25) is 11.8 Å². The van der Waals surface area contributed by atoms with Crippen LogP contribution in [0.3, 0.4) is 0 Å². The number of hydrogen-bond donors (Lipinski definition) is 1. The molecule has 132 valence electrons. The van der Waals surface area contributed by atoms with Gasteiger partial charge in [0.25, 0.3) is 0 Å². The van der Waals surface area contributed by atoms with Gasteiger partial charge in [-0.1, -0.05) is 32.1 Å². The maximum atomic E-state index is 12.1. The van der Waals surface area contributed by atoms with Gasteiger partial charge < -0.3 is 10.2 Å². The number of rotatable bonds is 7. The fourth-order valence-corrected chi connectivity index (χ4v) is 3.89. The average molecular weight is 343 g/mol. The van der Waals surface area contributed by atoms with Crippen molar-refractivity contribution in [2.45, 2.75) is 76.7 Å². The first-order valence-corrected chi connectivity index (χ1v) is 9.85. The predicted octanol–water partition coefficient (Wildman–Crippen LogP) is 3.47. The van der Waals surface area contributed by atoms with Crippen molar-refractivity contribution in [1.82, 2.24) is 10.2 Å². The Bertz CT molecular complexity index is 375. The van der Waals surface area contributed by atoms with Crippen LogP contribution in [-0.2, 0) is 9.59 Å². The minimum atomic E-state index is 0.197. The summed E-state index contributed by atoms with van der Waals surface area (Å²) in [6.45, 7) is 1.52. The Morgan fingerprint density at radius 3 is 2.35 bits per heavy atom. The van der Waals surface area contributed by atoms with Crippen LogP contribution in [-0.4, -0.2) is 41.7 Å². The van der Waals surface area contributed by atoms with Gasteiger partial charge in [-0.15, -0.1) is 11.6 Å². The van der Waals surface area contributed by atoms with E-state index < -0.39 is 0 Å². The number of piperidine rings is 1. The molecule has 5 heteroatoms. The monoisotopic (exact) mass is 342 g/mol. The van der Waals surface area contributed by atoms with Crippen LogP contribution in [0.5, 0.6) is 0 Å². The largest absolute Gasteiger partial charge is 0.353 e. The van der Waals surface area contributed by atoms with Crippen LogP contribution in [0.4, 0.5) is 0 Å². The molecule has 2 amide bonds. The maximum absolute atomic E-state index is 12.1. The van der Waals surface area contributed by atoms with E-state index in [9.17, 15) is 9.59 Å². The van der Waals surface area contributed by atoms with Crippen molar-refractivity contribution >= 4 is 23.4 Å². The summed E-state index contributed by atoms with van der Waals surface area (Å²) in [7, 11) is 0. The second kappa shape index (κ2) is 10.2. The van der Waals surface area contributed by atoms with Crippen LogP contribution in [0.2, 0.25) is 0 Å². The van der Waals surface area contributed by atoms with Crippen LogP contribution in [0.1, 0.15) is 70.6 Å². The molecule has 1 aliphatic carbocycles. The van der Waals surface area contributed by atoms with Crippen molar-refractivity contribution in [3.05, 3.63) is 0 Å². The molecule has 0 aromatic heterocycles. The molecule has 1 N–H and O–H groups in total. The molecule has 0 aromatic rings. The van der Waals surface area contributed by atoms with E-state index in [0.29, 0.717) is 18.7 Å². The number of carbonyl (C=O) groups is 2. The lowest BCUT2D eigenvalue weighted by Crippen LogP contribution is -2.46. The highest BCUT2D eigenvalue weighted by Crippen LogP contribution is 2.27. The molecule has 0 unspecified atom stereocenters. The Labute approximate surface area is 145 Å². The molecule has 2 rings (SSSR count). The summed E-state index contributed by atoms with van der Waals surface area (Å²) >= 11 is 5.63. The average Bonchev–Trinajstić information content (AvgIpc) is 2.59. The van der Waals surface area contributed by atoms with E-state index in [1.54, 1.807) is 0 Å². The number of hydrogen-bond acceptors (Lipinski definition) is 2. The lowest BCUT2D eigenvalue weighted by molar-refractivity contribution is -0.132. The number of nitrogens with one attached hydrogen (secondary N) is 1. The fraction of sp³-hybridized carbons (Fsp3) is 0.889. The van der Waals surface area contributed by atoms with E-state index in [1.165, 1.54) is 32.1 Å². The van der Waals surface area contributed by atoms with Crippen molar-refractivity contribution in [3.8, 4) is 0 Å². The summed E-state index contributed by atoms with van der Waals surface area (Å²) in [5.41, 5.74) is 0. The second-order valence-corrected chi connectivity index (χ2v) is 7.44. The summed E-state index contributed by atoms with van der Waals surface area (Å²) in [6, 6.07) is 0.242. The van der Waals surface area contributed by atoms with Crippen molar-refractivity contribution in [3.63, 3.8) is 0 Å². The third-order valence-corrected chi connectivity index (χ3v) is 5.51. The highest BCUT2D eigenvalue weighted by atomic mass is 35.5. The Hall–Kier alpha value is -0.770. The zero-order valence-corrected chi connectivity index (χ0v) is 15.0. The van der Waals surface area contributed by atoms with Crippen LogP contribution in [0.25, 0.3) is 0 Å². The van der Waals surface area contributed by atoms with E-state index >= 15 is 0 Å². The molecule has 4 nitrogen and oxygen atoms in total. The molecular weight excluding hydrogens is 312 g/mol. The van der Waals surface area contributed by atoms with E-state index in [1.807, 2.05) is 4.90 Å². The van der Waals surface area contributed by atoms with Gasteiger partial charge in [0.15, 0.2) is 0 Å². The van der Waals surface area contributed by atoms with Gasteiger partial charge >= 0.3 is 0 Å². The number of amides is 2. The van der Waals surface area contributed by atoms with Crippen LogP contribution in [0, 0.1) is 5.92 Å². The number of likely N-dealkylation sites (tertiary alicyclic amines) is 1. The van der Waals surface area contributed by atoms with E-state index in [0.717, 1.165) is 44.7 Å². The number of halogens is 1. The van der Waals surface area contributed by atoms with Crippen molar-refractivity contribution in [2.24, 2.45) is 5.92 Å². The third-order valence-electron chi connectivity index (χ3n) is 5.24. The summed E-state index contributed by atoms with van der Waals surface area (Å²) in [5, 5.41) is 3.16. The molecule has 1 saturated heterocycles. The zero-order chi connectivity index (χ0) is 16.5. The van der Waals surface area contributed by atoms with Gasteiger partial charge in [-0.05, 0) is 31.6 Å². The molecular formula is C18H31ClN2O2. The topological polar surface area (TPSA) is 49.4 Å². The second-order valence-electron chi connectivity index (χ2n) is 7.06. The molecule has 0 radical (unpaired) electrons. The fourth-order valence-electron chi connectivity index (χ4n) is 3.76. The van der Waals surface area contributed by atoms with Crippen LogP contribution >= 0.6 is 11.6 Å². The molecule has 0 atom stereocenters. The van der Waals surface area contributed by atoms with Gasteiger partial charge in [0.1, 0.15) is 0 Å². The first-order valence-electron chi connectivity index (χ1n) is 9.32. The molecule has 0 aromatic carbocycles. The summed E-state index contributed by atoms with van der Waals surface area (Å²) in [5.74, 6) is 1.70. The van der Waals surface area contributed by atoms with Crippen molar-refractivity contribution in [2.75, 3.05) is 19.0 Å². The number of carbonyl (C=O) groups excluding carboxylic acids is 2. The minimum absolute atomic E-state index is 0.197. The Balaban J connectivity index is 1.59.